The maximum Gasteiger partial charge on any atom is 0.343 e. The second kappa shape index (κ2) is 8.52. The first-order valence-corrected chi connectivity index (χ1v) is 7.93. The minimum atomic E-state index is -0.687. The van der Waals surface area contributed by atoms with Crippen LogP contribution in [0.15, 0.2) is 59.1 Å². The molecule has 0 unspecified atom stereocenters. The summed E-state index contributed by atoms with van der Waals surface area (Å²) in [6.45, 7) is 1.85. The van der Waals surface area contributed by atoms with Crippen LogP contribution in [0.5, 0.6) is 0 Å². The molecule has 0 heterocycles. The zero-order valence-corrected chi connectivity index (χ0v) is 14.4. The van der Waals surface area contributed by atoms with Crippen LogP contribution in [0.25, 0.3) is 5.76 Å². The summed E-state index contributed by atoms with van der Waals surface area (Å²) in [5.74, 6) is -0.982. The van der Waals surface area contributed by atoms with Crippen molar-refractivity contribution in [2.75, 3.05) is 6.61 Å². The van der Waals surface area contributed by atoms with E-state index >= 15 is 0 Å². The van der Waals surface area contributed by atoms with Crippen LogP contribution in [0.3, 0.4) is 0 Å². The number of aliphatic imine (C=N–C) groups is 1. The zero-order chi connectivity index (χ0) is 17.5. The summed E-state index contributed by atoms with van der Waals surface area (Å²) in [6.07, 6.45) is 1.25. The number of halogens is 2. The summed E-state index contributed by atoms with van der Waals surface area (Å²) in [5.41, 5.74) is 0.817. The van der Waals surface area contributed by atoms with Crippen molar-refractivity contribution in [1.29, 1.82) is 0 Å². The lowest BCUT2D eigenvalue weighted by Crippen LogP contribution is -2.11. The molecule has 0 aliphatic rings. The molecular formula is C18H15Cl2NO3. The van der Waals surface area contributed by atoms with Crippen LogP contribution in [0, 0.1) is 0 Å². The molecule has 0 aliphatic heterocycles. The second-order valence-electron chi connectivity index (χ2n) is 4.70. The molecule has 0 saturated carbocycles. The summed E-state index contributed by atoms with van der Waals surface area (Å²) in [4.78, 5) is 16.3. The first-order valence-electron chi connectivity index (χ1n) is 7.17. The van der Waals surface area contributed by atoms with Crippen molar-refractivity contribution >= 4 is 46.8 Å². The van der Waals surface area contributed by atoms with Gasteiger partial charge in [-0.1, -0.05) is 35.3 Å². The van der Waals surface area contributed by atoms with Crippen molar-refractivity contribution in [2.45, 2.75) is 6.92 Å². The minimum Gasteiger partial charge on any atom is -0.506 e. The molecular weight excluding hydrogens is 349 g/mol. The van der Waals surface area contributed by atoms with Crippen molar-refractivity contribution < 1.29 is 14.6 Å². The molecule has 0 saturated heterocycles. The molecule has 6 heteroatoms. The van der Waals surface area contributed by atoms with Gasteiger partial charge in [0, 0.05) is 16.8 Å². The Morgan fingerprint density at radius 3 is 2.46 bits per heavy atom. The number of ether oxygens (including phenoxy) is 1. The van der Waals surface area contributed by atoms with Gasteiger partial charge in [-0.2, -0.15) is 0 Å². The maximum absolute atomic E-state index is 12.1. The van der Waals surface area contributed by atoms with Crippen LogP contribution in [-0.2, 0) is 9.53 Å². The van der Waals surface area contributed by atoms with Gasteiger partial charge in [-0.3, -0.25) is 4.99 Å². The number of carbonyl (C=O) groups excluding carboxylic acids is 1. The van der Waals surface area contributed by atoms with E-state index in [1.54, 1.807) is 55.5 Å². The van der Waals surface area contributed by atoms with Crippen molar-refractivity contribution in [3.05, 3.63) is 69.7 Å². The van der Waals surface area contributed by atoms with E-state index in [4.69, 9.17) is 27.9 Å². The summed E-state index contributed by atoms with van der Waals surface area (Å²) >= 11 is 11.9. The quantitative estimate of drug-likeness (QED) is 0.342. The molecule has 4 nitrogen and oxygen atoms in total. The Labute approximate surface area is 150 Å². The fraction of sp³-hybridized carbons (Fsp3) is 0.111. The fourth-order valence-corrected chi connectivity index (χ4v) is 2.24. The minimum absolute atomic E-state index is 0.0834. The molecule has 1 N–H and O–H groups in total. The monoisotopic (exact) mass is 363 g/mol. The molecule has 2 aromatic carbocycles. The Morgan fingerprint density at radius 1 is 1.17 bits per heavy atom. The van der Waals surface area contributed by atoms with Crippen molar-refractivity contribution in [1.82, 2.24) is 0 Å². The molecule has 0 fully saturated rings. The third kappa shape index (κ3) is 4.60. The van der Waals surface area contributed by atoms with Crippen LogP contribution >= 0.6 is 23.2 Å². The molecule has 0 aromatic heterocycles. The predicted molar refractivity (Wildman–Crippen MR) is 97.2 cm³/mol. The van der Waals surface area contributed by atoms with Gasteiger partial charge in [-0.05, 0) is 43.3 Å². The summed E-state index contributed by atoms with van der Waals surface area (Å²) < 4.78 is 4.98. The molecule has 0 bridgehead atoms. The van der Waals surface area contributed by atoms with Gasteiger partial charge in [-0.25, -0.2) is 4.79 Å². The SMILES string of the molecule is CCOC(=O)/C(C=Nc1ccc(Cl)cc1)=C(/O)c1ccccc1Cl. The van der Waals surface area contributed by atoms with Gasteiger partial charge in [0.2, 0.25) is 0 Å². The molecule has 0 radical (unpaired) electrons. The highest BCUT2D eigenvalue weighted by Gasteiger charge is 2.17. The van der Waals surface area contributed by atoms with Gasteiger partial charge in [0.15, 0.2) is 0 Å². The molecule has 0 amide bonds. The first-order chi connectivity index (χ1) is 11.5. The van der Waals surface area contributed by atoms with Gasteiger partial charge >= 0.3 is 5.97 Å². The highest BCUT2D eigenvalue weighted by molar-refractivity contribution is 6.32. The second-order valence-corrected chi connectivity index (χ2v) is 5.54. The lowest BCUT2D eigenvalue weighted by atomic mass is 10.1. The summed E-state index contributed by atoms with van der Waals surface area (Å²) in [6, 6.07) is 13.4. The number of hydrogen-bond acceptors (Lipinski definition) is 4. The molecule has 124 valence electrons. The highest BCUT2D eigenvalue weighted by Crippen LogP contribution is 2.25. The van der Waals surface area contributed by atoms with Crippen LogP contribution in [0.1, 0.15) is 12.5 Å². The van der Waals surface area contributed by atoms with Crippen LogP contribution in [-0.4, -0.2) is 23.9 Å². The standard InChI is InChI=1S/C18H15Cl2NO3/c1-2-24-18(23)15(11-21-13-9-7-12(19)8-10-13)17(22)14-5-3-4-6-16(14)20/h3-11,22H,2H2,1H3/b17-15+,21-11?. The van der Waals surface area contributed by atoms with Crippen LogP contribution < -0.4 is 0 Å². The molecule has 24 heavy (non-hydrogen) atoms. The van der Waals surface area contributed by atoms with Gasteiger partial charge < -0.3 is 9.84 Å². The van der Waals surface area contributed by atoms with Crippen molar-refractivity contribution in [3.63, 3.8) is 0 Å². The van der Waals surface area contributed by atoms with E-state index in [0.29, 0.717) is 21.3 Å². The third-order valence-electron chi connectivity index (χ3n) is 3.05. The number of rotatable bonds is 5. The number of benzene rings is 2. The molecule has 0 aliphatic carbocycles. The van der Waals surface area contributed by atoms with Gasteiger partial charge in [-0.15, -0.1) is 0 Å². The largest absolute Gasteiger partial charge is 0.506 e. The third-order valence-corrected chi connectivity index (χ3v) is 3.63. The van der Waals surface area contributed by atoms with Gasteiger partial charge in [0.05, 0.1) is 17.3 Å². The topological polar surface area (TPSA) is 58.9 Å². The average molecular weight is 364 g/mol. The lowest BCUT2D eigenvalue weighted by Gasteiger charge is -2.08. The number of carbonyl (C=O) groups is 1. The maximum atomic E-state index is 12.1. The van der Waals surface area contributed by atoms with E-state index in [1.807, 2.05) is 0 Å². The Balaban J connectivity index is 2.44. The molecule has 0 spiro atoms. The van der Waals surface area contributed by atoms with E-state index in [1.165, 1.54) is 6.21 Å². The zero-order valence-electron chi connectivity index (χ0n) is 12.9. The smallest absolute Gasteiger partial charge is 0.343 e. The van der Waals surface area contributed by atoms with E-state index in [0.717, 1.165) is 0 Å². The Kier molecular flexibility index (Phi) is 6.41. The highest BCUT2D eigenvalue weighted by atomic mass is 35.5. The fourth-order valence-electron chi connectivity index (χ4n) is 1.88. The molecule has 2 aromatic rings. The van der Waals surface area contributed by atoms with Gasteiger partial charge in [0.1, 0.15) is 11.3 Å². The molecule has 0 atom stereocenters. The van der Waals surface area contributed by atoms with E-state index in [-0.39, 0.29) is 17.9 Å². The average Bonchev–Trinajstić information content (AvgIpc) is 2.57. The summed E-state index contributed by atoms with van der Waals surface area (Å²) in [5, 5.41) is 11.4. The molecule has 2 rings (SSSR count). The number of hydrogen-bond donors (Lipinski definition) is 1. The Bertz CT molecular complexity index is 783. The number of esters is 1. The summed E-state index contributed by atoms with van der Waals surface area (Å²) in [7, 11) is 0. The van der Waals surface area contributed by atoms with E-state index in [9.17, 15) is 9.90 Å². The Morgan fingerprint density at radius 2 is 1.83 bits per heavy atom. The van der Waals surface area contributed by atoms with Crippen molar-refractivity contribution in [2.24, 2.45) is 4.99 Å². The van der Waals surface area contributed by atoms with E-state index < -0.39 is 5.97 Å². The van der Waals surface area contributed by atoms with Gasteiger partial charge in [0.25, 0.3) is 0 Å². The number of nitrogens with zero attached hydrogens (tertiary/aromatic N) is 1. The number of aliphatic hydroxyl groups excluding tert-OH is 1. The predicted octanol–water partition coefficient (Wildman–Crippen LogP) is 5.23. The van der Waals surface area contributed by atoms with Crippen molar-refractivity contribution in [3.8, 4) is 0 Å². The first kappa shape index (κ1) is 18.0. The van der Waals surface area contributed by atoms with Crippen LogP contribution in [0.4, 0.5) is 5.69 Å². The van der Waals surface area contributed by atoms with Crippen LogP contribution in [0.2, 0.25) is 10.0 Å². The Hall–Kier alpha value is -2.30. The number of aliphatic hydroxyl groups is 1. The lowest BCUT2D eigenvalue weighted by molar-refractivity contribution is -0.137. The normalized spacial score (nSPS) is 12.1. The van der Waals surface area contributed by atoms with E-state index in [2.05, 4.69) is 4.99 Å².